The Hall–Kier alpha value is -1.77. The molecule has 0 bridgehead atoms. The second-order valence-corrected chi connectivity index (χ2v) is 3.13. The van der Waals surface area contributed by atoms with E-state index in [0.717, 1.165) is 23.4 Å². The Balaban J connectivity index is 2.49. The molecule has 0 spiro atoms. The molecule has 2 aromatic rings. The number of rotatable bonds is 2. The molecule has 0 aliphatic carbocycles. The molecule has 3 nitrogen and oxygen atoms in total. The van der Waals surface area contributed by atoms with Gasteiger partial charge in [-0.1, -0.05) is 19.1 Å². The topological polar surface area (TPSA) is 48.9 Å². The molecule has 0 atom stereocenters. The van der Waals surface area contributed by atoms with Gasteiger partial charge in [0.15, 0.2) is 0 Å². The average molecular weight is 188 g/mol. The minimum Gasteiger partial charge on any atom is -0.508 e. The second kappa shape index (κ2) is 3.54. The summed E-state index contributed by atoms with van der Waals surface area (Å²) in [7, 11) is 0. The van der Waals surface area contributed by atoms with Gasteiger partial charge in [-0.2, -0.15) is 0 Å². The molecule has 0 aliphatic rings. The molecule has 0 aliphatic heterocycles. The SMILES string of the molecule is CCc1[nH]cnc1-c1cccc(O)c1. The lowest BCUT2D eigenvalue weighted by Gasteiger charge is -2.00. The predicted molar refractivity (Wildman–Crippen MR) is 55.1 cm³/mol. The summed E-state index contributed by atoms with van der Waals surface area (Å²) < 4.78 is 0. The monoisotopic (exact) mass is 188 g/mol. The van der Waals surface area contributed by atoms with Gasteiger partial charge < -0.3 is 10.1 Å². The summed E-state index contributed by atoms with van der Waals surface area (Å²) in [6, 6.07) is 7.13. The van der Waals surface area contributed by atoms with Crippen molar-refractivity contribution in [2.45, 2.75) is 13.3 Å². The number of aryl methyl sites for hydroxylation is 1. The molecule has 0 saturated heterocycles. The zero-order valence-corrected chi connectivity index (χ0v) is 7.99. The van der Waals surface area contributed by atoms with E-state index in [2.05, 4.69) is 16.9 Å². The largest absolute Gasteiger partial charge is 0.508 e. The van der Waals surface area contributed by atoms with E-state index in [0.29, 0.717) is 0 Å². The van der Waals surface area contributed by atoms with E-state index < -0.39 is 0 Å². The van der Waals surface area contributed by atoms with Gasteiger partial charge in [0.25, 0.3) is 0 Å². The first-order valence-electron chi connectivity index (χ1n) is 4.63. The minimum absolute atomic E-state index is 0.271. The van der Waals surface area contributed by atoms with Crippen molar-refractivity contribution < 1.29 is 5.11 Å². The van der Waals surface area contributed by atoms with Crippen molar-refractivity contribution in [1.82, 2.24) is 9.97 Å². The smallest absolute Gasteiger partial charge is 0.116 e. The quantitative estimate of drug-likeness (QED) is 0.760. The molecule has 0 unspecified atom stereocenters. The Morgan fingerprint density at radius 1 is 1.43 bits per heavy atom. The molecule has 1 aromatic heterocycles. The van der Waals surface area contributed by atoms with Crippen LogP contribution in [-0.2, 0) is 6.42 Å². The van der Waals surface area contributed by atoms with E-state index in [9.17, 15) is 5.11 Å². The number of hydrogen-bond acceptors (Lipinski definition) is 2. The van der Waals surface area contributed by atoms with Crippen LogP contribution in [0.4, 0.5) is 0 Å². The Morgan fingerprint density at radius 2 is 2.29 bits per heavy atom. The number of aromatic hydroxyl groups is 1. The molecule has 3 heteroatoms. The normalized spacial score (nSPS) is 10.4. The van der Waals surface area contributed by atoms with Crippen LogP contribution in [0, 0.1) is 0 Å². The van der Waals surface area contributed by atoms with Crippen molar-refractivity contribution >= 4 is 0 Å². The van der Waals surface area contributed by atoms with E-state index >= 15 is 0 Å². The van der Waals surface area contributed by atoms with E-state index in [4.69, 9.17) is 0 Å². The molecule has 2 N–H and O–H groups in total. The zero-order valence-electron chi connectivity index (χ0n) is 7.99. The van der Waals surface area contributed by atoms with Crippen LogP contribution in [0.15, 0.2) is 30.6 Å². The maximum Gasteiger partial charge on any atom is 0.116 e. The maximum absolute atomic E-state index is 9.34. The van der Waals surface area contributed by atoms with Crippen molar-refractivity contribution in [2.24, 2.45) is 0 Å². The number of phenolic OH excluding ortho intramolecular Hbond substituents is 1. The summed E-state index contributed by atoms with van der Waals surface area (Å²) >= 11 is 0. The predicted octanol–water partition coefficient (Wildman–Crippen LogP) is 2.34. The van der Waals surface area contributed by atoms with Crippen LogP contribution in [0.25, 0.3) is 11.3 Å². The van der Waals surface area contributed by atoms with E-state index in [-0.39, 0.29) is 5.75 Å². The molecule has 72 valence electrons. The van der Waals surface area contributed by atoms with E-state index in [1.54, 1.807) is 18.5 Å². The number of nitrogens with zero attached hydrogens (tertiary/aromatic N) is 1. The fourth-order valence-corrected chi connectivity index (χ4v) is 1.49. The van der Waals surface area contributed by atoms with Crippen LogP contribution >= 0.6 is 0 Å². The highest BCUT2D eigenvalue weighted by Gasteiger charge is 2.06. The van der Waals surface area contributed by atoms with Crippen LogP contribution in [0.2, 0.25) is 0 Å². The van der Waals surface area contributed by atoms with Gasteiger partial charge in [-0.25, -0.2) is 4.98 Å². The van der Waals surface area contributed by atoms with Gasteiger partial charge >= 0.3 is 0 Å². The lowest BCUT2D eigenvalue weighted by Crippen LogP contribution is -1.85. The lowest BCUT2D eigenvalue weighted by atomic mass is 10.1. The number of phenols is 1. The van der Waals surface area contributed by atoms with Gasteiger partial charge in [0.05, 0.1) is 12.0 Å². The van der Waals surface area contributed by atoms with Gasteiger partial charge in [-0.3, -0.25) is 0 Å². The summed E-state index contributed by atoms with van der Waals surface area (Å²) in [5, 5.41) is 9.34. The molecule has 14 heavy (non-hydrogen) atoms. The van der Waals surface area contributed by atoms with Gasteiger partial charge in [0.2, 0.25) is 0 Å². The van der Waals surface area contributed by atoms with Crippen LogP contribution < -0.4 is 0 Å². The Morgan fingerprint density at radius 3 is 3.00 bits per heavy atom. The number of hydrogen-bond donors (Lipinski definition) is 2. The zero-order chi connectivity index (χ0) is 9.97. The van der Waals surface area contributed by atoms with Crippen molar-refractivity contribution in [2.75, 3.05) is 0 Å². The summed E-state index contributed by atoms with van der Waals surface area (Å²) in [4.78, 5) is 7.31. The van der Waals surface area contributed by atoms with Crippen molar-refractivity contribution in [3.63, 3.8) is 0 Å². The number of aromatic amines is 1. The average Bonchev–Trinajstić information content (AvgIpc) is 2.65. The maximum atomic E-state index is 9.34. The molecule has 0 radical (unpaired) electrons. The highest BCUT2D eigenvalue weighted by Crippen LogP contribution is 2.23. The summed E-state index contributed by atoms with van der Waals surface area (Å²) in [6.07, 6.45) is 2.59. The number of H-pyrrole nitrogens is 1. The summed E-state index contributed by atoms with van der Waals surface area (Å²) in [6.45, 7) is 2.07. The van der Waals surface area contributed by atoms with E-state index in [1.165, 1.54) is 0 Å². The van der Waals surface area contributed by atoms with Crippen LogP contribution in [0.3, 0.4) is 0 Å². The number of imidazole rings is 1. The summed E-state index contributed by atoms with van der Waals surface area (Å²) in [5.74, 6) is 0.271. The third kappa shape index (κ3) is 1.48. The molecule has 0 saturated carbocycles. The molecule has 1 aromatic carbocycles. The fourth-order valence-electron chi connectivity index (χ4n) is 1.49. The lowest BCUT2D eigenvalue weighted by molar-refractivity contribution is 0.475. The molecule has 0 amide bonds. The van der Waals surface area contributed by atoms with Gasteiger partial charge in [-0.15, -0.1) is 0 Å². The first-order chi connectivity index (χ1) is 6.81. The van der Waals surface area contributed by atoms with Crippen LogP contribution in [-0.4, -0.2) is 15.1 Å². The second-order valence-electron chi connectivity index (χ2n) is 3.13. The third-order valence-corrected chi connectivity index (χ3v) is 2.19. The number of benzene rings is 1. The van der Waals surface area contributed by atoms with Gasteiger partial charge in [-0.05, 0) is 18.6 Å². The minimum atomic E-state index is 0.271. The molecule has 0 fully saturated rings. The molecule has 1 heterocycles. The first kappa shape index (κ1) is 8.81. The molecular formula is C11H12N2O. The van der Waals surface area contributed by atoms with Crippen molar-refractivity contribution in [1.29, 1.82) is 0 Å². The Kier molecular flexibility index (Phi) is 2.23. The third-order valence-electron chi connectivity index (χ3n) is 2.19. The van der Waals surface area contributed by atoms with Crippen LogP contribution in [0.1, 0.15) is 12.6 Å². The van der Waals surface area contributed by atoms with Crippen LogP contribution in [0.5, 0.6) is 5.75 Å². The van der Waals surface area contributed by atoms with Crippen molar-refractivity contribution in [3.05, 3.63) is 36.3 Å². The summed E-state index contributed by atoms with van der Waals surface area (Å²) in [5.41, 5.74) is 2.96. The van der Waals surface area contributed by atoms with Gasteiger partial charge in [0, 0.05) is 11.3 Å². The fraction of sp³-hybridized carbons (Fsp3) is 0.182. The highest BCUT2D eigenvalue weighted by molar-refractivity contribution is 5.63. The number of aromatic nitrogens is 2. The first-order valence-corrected chi connectivity index (χ1v) is 4.63. The molecule has 2 rings (SSSR count). The highest BCUT2D eigenvalue weighted by atomic mass is 16.3. The molecular weight excluding hydrogens is 176 g/mol. The van der Waals surface area contributed by atoms with Gasteiger partial charge in [0.1, 0.15) is 5.75 Å². The Bertz CT molecular complexity index is 434. The van der Waals surface area contributed by atoms with E-state index in [1.807, 2.05) is 12.1 Å². The number of nitrogens with one attached hydrogen (secondary N) is 1. The van der Waals surface area contributed by atoms with Crippen molar-refractivity contribution in [3.8, 4) is 17.0 Å². The standard InChI is InChI=1S/C11H12N2O/c1-2-10-11(13-7-12-10)8-4-3-5-9(14)6-8/h3-7,14H,2H2,1H3,(H,12,13). The Labute approximate surface area is 82.4 Å².